The number of phenolic OH excluding ortho intramolecular Hbond substituents is 1. The molecule has 26 heavy (non-hydrogen) atoms. The summed E-state index contributed by atoms with van der Waals surface area (Å²) >= 11 is 0. The highest BCUT2D eigenvalue weighted by Crippen LogP contribution is 2.42. The highest BCUT2D eigenvalue weighted by molar-refractivity contribution is 6.15. The molecule has 0 aliphatic carbocycles. The van der Waals surface area contributed by atoms with E-state index < -0.39 is 0 Å². The average Bonchev–Trinajstić information content (AvgIpc) is 2.97. The van der Waals surface area contributed by atoms with Crippen LogP contribution in [0.5, 0.6) is 11.5 Å². The van der Waals surface area contributed by atoms with E-state index in [1.807, 2.05) is 37.3 Å². The van der Waals surface area contributed by atoms with Crippen molar-refractivity contribution < 1.29 is 14.6 Å². The molecule has 1 N–H and O–H groups in total. The Kier molecular flexibility index (Phi) is 4.51. The Morgan fingerprint density at radius 1 is 1.15 bits per heavy atom. The van der Waals surface area contributed by atoms with E-state index in [2.05, 4.69) is 4.90 Å². The number of aromatic hydroxyl groups is 1. The minimum Gasteiger partial charge on any atom is -0.507 e. The Labute approximate surface area is 153 Å². The molecular formula is C22H23NO3. The van der Waals surface area contributed by atoms with E-state index in [9.17, 15) is 9.90 Å². The number of phenols is 1. The number of nitrogens with zero attached hydrogens (tertiary/aromatic N) is 1. The van der Waals surface area contributed by atoms with Crippen molar-refractivity contribution >= 4 is 11.9 Å². The van der Waals surface area contributed by atoms with Crippen LogP contribution < -0.4 is 4.74 Å². The number of allylic oxidation sites excluding steroid dienone is 1. The molecule has 0 unspecified atom stereocenters. The lowest BCUT2D eigenvalue weighted by Crippen LogP contribution is -2.29. The first-order chi connectivity index (χ1) is 12.6. The Bertz CT molecular complexity index is 865. The van der Waals surface area contributed by atoms with E-state index in [1.165, 1.54) is 19.3 Å². The normalized spacial score (nSPS) is 18.8. The van der Waals surface area contributed by atoms with Crippen LogP contribution in [-0.4, -0.2) is 28.9 Å². The van der Waals surface area contributed by atoms with Gasteiger partial charge in [-0.3, -0.25) is 9.69 Å². The first-order valence-electron chi connectivity index (χ1n) is 9.20. The van der Waals surface area contributed by atoms with Crippen LogP contribution in [0.4, 0.5) is 0 Å². The van der Waals surface area contributed by atoms with Crippen LogP contribution in [0.25, 0.3) is 6.08 Å². The van der Waals surface area contributed by atoms with Gasteiger partial charge in [-0.25, -0.2) is 0 Å². The number of fused-ring (bicyclic) bond motifs is 1. The van der Waals surface area contributed by atoms with Crippen LogP contribution in [0.1, 0.15) is 46.3 Å². The molecular weight excluding hydrogens is 326 g/mol. The fraction of sp³-hybridized carbons (Fsp3) is 0.318. The molecule has 0 saturated carbocycles. The topological polar surface area (TPSA) is 49.8 Å². The standard InChI is InChI=1S/C22H23NO3/c1-15-12-18(24)17(14-23-10-6-3-7-11-23)22-20(15)21(25)19(26-22)13-16-8-4-2-5-9-16/h2,4-5,8-9,12-13,24H,3,6-7,10-11,14H2,1H3/b19-13-. The Morgan fingerprint density at radius 3 is 2.62 bits per heavy atom. The summed E-state index contributed by atoms with van der Waals surface area (Å²) < 4.78 is 5.98. The van der Waals surface area contributed by atoms with Gasteiger partial charge in [0.2, 0.25) is 5.78 Å². The molecule has 1 fully saturated rings. The van der Waals surface area contributed by atoms with Crippen molar-refractivity contribution in [1.29, 1.82) is 0 Å². The highest BCUT2D eigenvalue weighted by Gasteiger charge is 2.33. The number of Topliss-reactive ketones (excluding diaryl/α,β-unsaturated/α-hetero) is 1. The van der Waals surface area contributed by atoms with Crippen molar-refractivity contribution in [1.82, 2.24) is 4.90 Å². The number of carbonyl (C=O) groups excluding carboxylic acids is 1. The Hall–Kier alpha value is -2.59. The predicted octanol–water partition coefficient (Wildman–Crippen LogP) is 4.30. The van der Waals surface area contributed by atoms with Gasteiger partial charge in [0, 0.05) is 6.54 Å². The lowest BCUT2D eigenvalue weighted by atomic mass is 9.98. The molecule has 0 atom stereocenters. The second kappa shape index (κ2) is 6.96. The summed E-state index contributed by atoms with van der Waals surface area (Å²) in [6.45, 7) is 4.49. The summed E-state index contributed by atoms with van der Waals surface area (Å²) in [5.41, 5.74) is 2.97. The summed E-state index contributed by atoms with van der Waals surface area (Å²) in [6.07, 6.45) is 5.37. The summed E-state index contributed by atoms with van der Waals surface area (Å²) in [6, 6.07) is 11.4. The number of carbonyl (C=O) groups is 1. The first kappa shape index (κ1) is 16.9. The highest BCUT2D eigenvalue weighted by atomic mass is 16.5. The molecule has 1 saturated heterocycles. The molecule has 2 heterocycles. The molecule has 0 bridgehead atoms. The zero-order valence-electron chi connectivity index (χ0n) is 15.0. The number of hydrogen-bond acceptors (Lipinski definition) is 4. The van der Waals surface area contributed by atoms with Crippen LogP contribution in [0.15, 0.2) is 42.2 Å². The van der Waals surface area contributed by atoms with Gasteiger partial charge < -0.3 is 9.84 Å². The summed E-state index contributed by atoms with van der Waals surface area (Å²) in [5.74, 6) is 0.946. The third-order valence-corrected chi connectivity index (χ3v) is 5.15. The summed E-state index contributed by atoms with van der Waals surface area (Å²) in [7, 11) is 0. The van der Waals surface area contributed by atoms with Gasteiger partial charge in [0.15, 0.2) is 5.76 Å². The molecule has 0 amide bonds. The van der Waals surface area contributed by atoms with E-state index >= 15 is 0 Å². The molecule has 0 aromatic heterocycles. The number of ketones is 1. The molecule has 2 aliphatic rings. The maximum atomic E-state index is 12.9. The minimum atomic E-state index is -0.110. The second-order valence-electron chi connectivity index (χ2n) is 7.08. The number of hydrogen-bond donors (Lipinski definition) is 1. The van der Waals surface area contributed by atoms with Crippen LogP contribution in [0.2, 0.25) is 0 Å². The molecule has 4 rings (SSSR count). The maximum Gasteiger partial charge on any atom is 0.232 e. The second-order valence-corrected chi connectivity index (χ2v) is 7.08. The summed E-state index contributed by atoms with van der Waals surface area (Å²) in [4.78, 5) is 15.2. The zero-order valence-corrected chi connectivity index (χ0v) is 15.0. The third kappa shape index (κ3) is 3.13. The third-order valence-electron chi connectivity index (χ3n) is 5.15. The average molecular weight is 349 g/mol. The quantitative estimate of drug-likeness (QED) is 0.839. The lowest BCUT2D eigenvalue weighted by Gasteiger charge is -2.27. The van der Waals surface area contributed by atoms with Crippen molar-refractivity contribution in [3.05, 3.63) is 64.4 Å². The molecule has 0 spiro atoms. The summed E-state index contributed by atoms with van der Waals surface area (Å²) in [5, 5.41) is 10.5. The van der Waals surface area contributed by atoms with Gasteiger partial charge in [0.05, 0.1) is 11.1 Å². The molecule has 0 radical (unpaired) electrons. The monoisotopic (exact) mass is 349 g/mol. The van der Waals surface area contributed by atoms with E-state index in [-0.39, 0.29) is 11.5 Å². The van der Waals surface area contributed by atoms with Gasteiger partial charge in [0.25, 0.3) is 0 Å². The van der Waals surface area contributed by atoms with Gasteiger partial charge in [-0.1, -0.05) is 36.8 Å². The Morgan fingerprint density at radius 2 is 1.88 bits per heavy atom. The SMILES string of the molecule is Cc1cc(O)c(CN2CCCCC2)c2c1C(=O)/C(=C/c1ccccc1)O2. The lowest BCUT2D eigenvalue weighted by molar-refractivity contribution is 0.101. The van der Waals surface area contributed by atoms with Crippen LogP contribution in [-0.2, 0) is 6.54 Å². The maximum absolute atomic E-state index is 12.9. The van der Waals surface area contributed by atoms with Crippen LogP contribution >= 0.6 is 0 Å². The van der Waals surface area contributed by atoms with E-state index in [0.29, 0.717) is 23.6 Å². The van der Waals surface area contributed by atoms with Crippen molar-refractivity contribution in [3.8, 4) is 11.5 Å². The molecule has 2 aromatic carbocycles. The molecule has 2 aliphatic heterocycles. The molecule has 4 nitrogen and oxygen atoms in total. The van der Waals surface area contributed by atoms with Crippen molar-refractivity contribution in [2.75, 3.05) is 13.1 Å². The number of piperidine rings is 1. The Balaban J connectivity index is 1.71. The predicted molar refractivity (Wildman–Crippen MR) is 101 cm³/mol. The fourth-order valence-corrected chi connectivity index (χ4v) is 3.77. The fourth-order valence-electron chi connectivity index (χ4n) is 3.77. The first-order valence-corrected chi connectivity index (χ1v) is 9.20. The number of rotatable bonds is 3. The molecule has 134 valence electrons. The van der Waals surface area contributed by atoms with Gasteiger partial charge in [-0.2, -0.15) is 0 Å². The van der Waals surface area contributed by atoms with Gasteiger partial charge in [0.1, 0.15) is 11.5 Å². The van der Waals surface area contributed by atoms with Crippen LogP contribution in [0.3, 0.4) is 0 Å². The van der Waals surface area contributed by atoms with Crippen molar-refractivity contribution in [3.63, 3.8) is 0 Å². The van der Waals surface area contributed by atoms with E-state index in [1.54, 1.807) is 12.1 Å². The van der Waals surface area contributed by atoms with E-state index in [0.717, 1.165) is 29.8 Å². The zero-order chi connectivity index (χ0) is 18.1. The smallest absolute Gasteiger partial charge is 0.232 e. The molecule has 2 aromatic rings. The van der Waals surface area contributed by atoms with Gasteiger partial charge in [-0.15, -0.1) is 0 Å². The van der Waals surface area contributed by atoms with Crippen LogP contribution in [0, 0.1) is 6.92 Å². The van der Waals surface area contributed by atoms with E-state index in [4.69, 9.17) is 4.74 Å². The van der Waals surface area contributed by atoms with Crippen molar-refractivity contribution in [2.45, 2.75) is 32.7 Å². The molecule has 4 heteroatoms. The minimum absolute atomic E-state index is 0.110. The number of benzene rings is 2. The largest absolute Gasteiger partial charge is 0.507 e. The number of ether oxygens (including phenoxy) is 1. The van der Waals surface area contributed by atoms with Gasteiger partial charge >= 0.3 is 0 Å². The van der Waals surface area contributed by atoms with Gasteiger partial charge in [-0.05, 0) is 56.1 Å². The van der Waals surface area contributed by atoms with Crippen molar-refractivity contribution in [2.24, 2.45) is 0 Å². The number of likely N-dealkylation sites (tertiary alicyclic amines) is 1. The number of aryl methyl sites for hydroxylation is 1.